The van der Waals surface area contributed by atoms with Crippen LogP contribution in [0.5, 0.6) is 5.75 Å². The fraction of sp³-hybridized carbons (Fsp3) is 0.455. The van der Waals surface area contributed by atoms with Gasteiger partial charge in [-0.15, -0.1) is 0 Å². The van der Waals surface area contributed by atoms with Crippen molar-refractivity contribution in [2.24, 2.45) is 0 Å². The predicted octanol–water partition coefficient (Wildman–Crippen LogP) is 4.88. The number of aryl methyl sites for hydroxylation is 2. The molecule has 4 aromatic rings. The van der Waals surface area contributed by atoms with Crippen LogP contribution in [-0.2, 0) is 17.9 Å². The van der Waals surface area contributed by atoms with Crippen LogP contribution in [0.4, 0.5) is 5.95 Å². The number of piperidine rings is 1. The fourth-order valence-electron chi connectivity index (χ4n) is 5.88. The number of nitrogens with one attached hydrogen (secondary N) is 1. The molecule has 1 N–H and O–H groups in total. The summed E-state index contributed by atoms with van der Waals surface area (Å²) in [5.74, 6) is 1.73. The smallest absolute Gasteiger partial charge is 0.204 e. The summed E-state index contributed by atoms with van der Waals surface area (Å²) in [5.41, 5.74) is 6.38. The number of hydrogen-bond acceptors (Lipinski definition) is 7. The highest BCUT2D eigenvalue weighted by atomic mass is 16.5. The molecule has 0 amide bonds. The van der Waals surface area contributed by atoms with E-state index in [2.05, 4.69) is 56.9 Å². The Balaban J connectivity index is 1.17. The fourth-order valence-corrected chi connectivity index (χ4v) is 5.88. The minimum Gasteiger partial charge on any atom is -0.487 e. The van der Waals surface area contributed by atoms with Gasteiger partial charge in [0, 0.05) is 51.0 Å². The maximum absolute atomic E-state index is 6.30. The number of rotatable bonds is 10. The van der Waals surface area contributed by atoms with E-state index in [9.17, 15) is 0 Å². The molecular formula is C33H42N6O2. The minimum atomic E-state index is 0.393. The van der Waals surface area contributed by atoms with E-state index < -0.39 is 0 Å². The van der Waals surface area contributed by atoms with Gasteiger partial charge in [-0.1, -0.05) is 42.5 Å². The maximum atomic E-state index is 6.30. The van der Waals surface area contributed by atoms with Gasteiger partial charge in [0.05, 0.1) is 30.8 Å². The number of ether oxygens (including phenoxy) is 2. The summed E-state index contributed by atoms with van der Waals surface area (Å²) in [4.78, 5) is 15.2. The third kappa shape index (κ3) is 6.89. The molecule has 2 aromatic carbocycles. The van der Waals surface area contributed by atoms with Gasteiger partial charge in [0.1, 0.15) is 18.1 Å². The van der Waals surface area contributed by atoms with E-state index in [4.69, 9.17) is 19.4 Å². The lowest BCUT2D eigenvalue weighted by atomic mass is 10.1. The lowest BCUT2D eigenvalue weighted by Crippen LogP contribution is -2.45. The summed E-state index contributed by atoms with van der Waals surface area (Å²) in [6, 6.07) is 21.2. The Morgan fingerprint density at radius 2 is 1.61 bits per heavy atom. The molecule has 0 radical (unpaired) electrons. The molecule has 4 heterocycles. The molecule has 2 aliphatic rings. The molecule has 0 unspecified atom stereocenters. The number of nitrogens with zero attached hydrogens (tertiary/aromatic N) is 5. The lowest BCUT2D eigenvalue weighted by molar-refractivity contribution is 0.0322. The first-order valence-electron chi connectivity index (χ1n) is 15.0. The third-order valence-electron chi connectivity index (χ3n) is 8.35. The molecule has 0 atom stereocenters. The molecule has 0 saturated carbocycles. The summed E-state index contributed by atoms with van der Waals surface area (Å²) < 4.78 is 14.1. The zero-order valence-electron chi connectivity index (χ0n) is 24.4. The van der Waals surface area contributed by atoms with Crippen molar-refractivity contribution >= 4 is 17.0 Å². The Morgan fingerprint density at radius 3 is 2.39 bits per heavy atom. The van der Waals surface area contributed by atoms with Gasteiger partial charge in [-0.05, 0) is 56.0 Å². The van der Waals surface area contributed by atoms with Crippen molar-refractivity contribution in [2.45, 2.75) is 45.9 Å². The van der Waals surface area contributed by atoms with Gasteiger partial charge in [0.15, 0.2) is 0 Å². The van der Waals surface area contributed by atoms with E-state index >= 15 is 0 Å². The predicted molar refractivity (Wildman–Crippen MR) is 164 cm³/mol. The molecule has 8 heteroatoms. The Hall–Kier alpha value is -3.46. The standard InChI is InChI=1S/C33H42N6O2/c1-25-7-6-10-30-32(25)36-33(35-28-13-15-37(16-14-28)17-18-38-19-21-40-22-20-38)39(30)23-29-31(12-11-26(2)34-29)41-24-27-8-4-3-5-9-27/h3-12,28H,13-24H2,1-2H3,(H,35,36). The van der Waals surface area contributed by atoms with E-state index in [1.807, 2.05) is 37.3 Å². The highest BCUT2D eigenvalue weighted by molar-refractivity contribution is 5.82. The van der Waals surface area contributed by atoms with E-state index in [0.29, 0.717) is 19.2 Å². The molecule has 2 aliphatic heterocycles. The van der Waals surface area contributed by atoms with Crippen LogP contribution in [-0.4, -0.2) is 82.9 Å². The topological polar surface area (TPSA) is 67.7 Å². The molecule has 0 aliphatic carbocycles. The number of para-hydroxylation sites is 1. The van der Waals surface area contributed by atoms with Crippen LogP contribution >= 0.6 is 0 Å². The third-order valence-corrected chi connectivity index (χ3v) is 8.35. The number of imidazole rings is 1. The average Bonchev–Trinajstić information content (AvgIpc) is 3.35. The molecule has 0 spiro atoms. The SMILES string of the molecule is Cc1ccc(OCc2ccccc2)c(Cn2c(NC3CCN(CCN4CCOCC4)CC3)nc3c(C)cccc32)n1. The van der Waals surface area contributed by atoms with Crippen LogP contribution < -0.4 is 10.1 Å². The van der Waals surface area contributed by atoms with Crippen molar-refractivity contribution in [1.82, 2.24) is 24.3 Å². The Morgan fingerprint density at radius 1 is 0.854 bits per heavy atom. The van der Waals surface area contributed by atoms with Crippen LogP contribution in [0.25, 0.3) is 11.0 Å². The van der Waals surface area contributed by atoms with Crippen LogP contribution in [0.2, 0.25) is 0 Å². The van der Waals surface area contributed by atoms with Gasteiger partial charge in [0.2, 0.25) is 5.95 Å². The van der Waals surface area contributed by atoms with E-state index in [1.165, 1.54) is 5.56 Å². The van der Waals surface area contributed by atoms with Gasteiger partial charge in [-0.3, -0.25) is 9.88 Å². The summed E-state index contributed by atoms with van der Waals surface area (Å²) in [6.45, 7) is 13.6. The van der Waals surface area contributed by atoms with Crippen LogP contribution in [0.15, 0.2) is 60.7 Å². The molecule has 41 heavy (non-hydrogen) atoms. The second-order valence-electron chi connectivity index (χ2n) is 11.4. The van der Waals surface area contributed by atoms with Crippen LogP contribution in [0, 0.1) is 13.8 Å². The van der Waals surface area contributed by atoms with Crippen molar-refractivity contribution in [3.8, 4) is 5.75 Å². The molecule has 8 nitrogen and oxygen atoms in total. The number of morpholine rings is 1. The molecule has 2 saturated heterocycles. The lowest BCUT2D eigenvalue weighted by Gasteiger charge is -2.35. The van der Waals surface area contributed by atoms with Gasteiger partial charge < -0.3 is 24.3 Å². The highest BCUT2D eigenvalue weighted by Gasteiger charge is 2.23. The molecular weight excluding hydrogens is 512 g/mol. The molecule has 216 valence electrons. The van der Waals surface area contributed by atoms with Crippen LogP contribution in [0.1, 0.15) is 35.4 Å². The first-order valence-corrected chi connectivity index (χ1v) is 15.0. The number of benzene rings is 2. The summed E-state index contributed by atoms with van der Waals surface area (Å²) in [6.07, 6.45) is 2.22. The summed E-state index contributed by atoms with van der Waals surface area (Å²) in [7, 11) is 0. The second-order valence-corrected chi connectivity index (χ2v) is 11.4. The van der Waals surface area contributed by atoms with Gasteiger partial charge in [-0.25, -0.2) is 4.98 Å². The Kier molecular flexibility index (Phi) is 8.80. The number of hydrogen-bond donors (Lipinski definition) is 1. The Labute approximate surface area is 243 Å². The van der Waals surface area contributed by atoms with Crippen molar-refractivity contribution in [3.63, 3.8) is 0 Å². The average molecular weight is 555 g/mol. The Bertz CT molecular complexity index is 1420. The van der Waals surface area contributed by atoms with Gasteiger partial charge in [-0.2, -0.15) is 0 Å². The first-order chi connectivity index (χ1) is 20.1. The molecule has 2 aromatic heterocycles. The van der Waals surface area contributed by atoms with Gasteiger partial charge >= 0.3 is 0 Å². The van der Waals surface area contributed by atoms with Crippen molar-refractivity contribution in [1.29, 1.82) is 0 Å². The summed E-state index contributed by atoms with van der Waals surface area (Å²) in [5, 5.41) is 3.83. The first kappa shape index (κ1) is 27.7. The van der Waals surface area contributed by atoms with Crippen molar-refractivity contribution in [2.75, 3.05) is 57.8 Å². The van der Waals surface area contributed by atoms with E-state index in [-0.39, 0.29) is 0 Å². The molecule has 6 rings (SSSR count). The number of anilines is 1. The minimum absolute atomic E-state index is 0.393. The monoisotopic (exact) mass is 554 g/mol. The largest absolute Gasteiger partial charge is 0.487 e. The maximum Gasteiger partial charge on any atom is 0.204 e. The van der Waals surface area contributed by atoms with E-state index in [0.717, 1.165) is 105 Å². The second kappa shape index (κ2) is 13.0. The normalized spacial score (nSPS) is 17.2. The van der Waals surface area contributed by atoms with Crippen molar-refractivity contribution < 1.29 is 9.47 Å². The van der Waals surface area contributed by atoms with Gasteiger partial charge in [0.25, 0.3) is 0 Å². The van der Waals surface area contributed by atoms with E-state index in [1.54, 1.807) is 0 Å². The number of fused-ring (bicyclic) bond motifs is 1. The number of likely N-dealkylation sites (tertiary alicyclic amines) is 1. The zero-order valence-corrected chi connectivity index (χ0v) is 24.4. The van der Waals surface area contributed by atoms with Crippen LogP contribution in [0.3, 0.4) is 0 Å². The highest BCUT2D eigenvalue weighted by Crippen LogP contribution is 2.28. The number of pyridine rings is 1. The quantitative estimate of drug-likeness (QED) is 0.300. The zero-order chi connectivity index (χ0) is 28.0. The summed E-state index contributed by atoms with van der Waals surface area (Å²) >= 11 is 0. The van der Waals surface area contributed by atoms with Crippen molar-refractivity contribution in [3.05, 3.63) is 83.2 Å². The molecule has 2 fully saturated rings. The molecule has 0 bridgehead atoms. The number of aromatic nitrogens is 3.